The quantitative estimate of drug-likeness (QED) is 0.792. The van der Waals surface area contributed by atoms with Crippen molar-refractivity contribution in [3.63, 3.8) is 0 Å². The predicted octanol–water partition coefficient (Wildman–Crippen LogP) is 1.84. The third kappa shape index (κ3) is 4.19. The fourth-order valence-corrected chi connectivity index (χ4v) is 1.13. The lowest BCUT2D eigenvalue weighted by molar-refractivity contribution is 0.133. The molecule has 17 heavy (non-hydrogen) atoms. The van der Waals surface area contributed by atoms with E-state index in [1.807, 2.05) is 20.8 Å². The molecule has 5 nitrogen and oxygen atoms in total. The van der Waals surface area contributed by atoms with Crippen LogP contribution in [0.4, 0.5) is 5.82 Å². The molecule has 1 aromatic rings. The summed E-state index contributed by atoms with van der Waals surface area (Å²) in [4.78, 5) is 8.12. The summed E-state index contributed by atoms with van der Waals surface area (Å²) in [6.45, 7) is 8.23. The topological polar surface area (TPSA) is 67.3 Å². The maximum atomic E-state index is 9.62. The summed E-state index contributed by atoms with van der Waals surface area (Å²) in [5, 5.41) is 12.8. The zero-order valence-corrected chi connectivity index (χ0v) is 10.9. The standard InChI is InChI=1S/C12H21N3O2/c1-5-6-17-11-7-10(13-8-14-11)15-12(3,4)9(2)16/h7-9,16H,5-6H2,1-4H3,(H,13,14,15). The number of rotatable bonds is 6. The van der Waals surface area contributed by atoms with Gasteiger partial charge in [-0.05, 0) is 27.2 Å². The largest absolute Gasteiger partial charge is 0.478 e. The number of anilines is 1. The minimum Gasteiger partial charge on any atom is -0.478 e. The average molecular weight is 239 g/mol. The monoisotopic (exact) mass is 239 g/mol. The Morgan fingerprint density at radius 2 is 2.18 bits per heavy atom. The Bertz CT molecular complexity index is 353. The summed E-state index contributed by atoms with van der Waals surface area (Å²) in [7, 11) is 0. The number of nitrogens with one attached hydrogen (secondary N) is 1. The number of nitrogens with zero attached hydrogens (tertiary/aromatic N) is 2. The Balaban J connectivity index is 2.71. The van der Waals surface area contributed by atoms with Gasteiger partial charge in [-0.15, -0.1) is 0 Å². The van der Waals surface area contributed by atoms with Crippen molar-refractivity contribution in [3.8, 4) is 5.88 Å². The molecule has 1 aromatic heterocycles. The van der Waals surface area contributed by atoms with E-state index in [-0.39, 0.29) is 0 Å². The lowest BCUT2D eigenvalue weighted by Gasteiger charge is -2.29. The second-order valence-electron chi connectivity index (χ2n) is 4.61. The molecule has 96 valence electrons. The van der Waals surface area contributed by atoms with Crippen molar-refractivity contribution >= 4 is 5.82 Å². The van der Waals surface area contributed by atoms with Crippen molar-refractivity contribution < 1.29 is 9.84 Å². The molecular weight excluding hydrogens is 218 g/mol. The Morgan fingerprint density at radius 3 is 2.76 bits per heavy atom. The molecule has 1 atom stereocenters. The van der Waals surface area contributed by atoms with E-state index in [0.717, 1.165) is 6.42 Å². The molecule has 0 amide bonds. The average Bonchev–Trinajstić information content (AvgIpc) is 2.26. The zero-order chi connectivity index (χ0) is 12.9. The van der Waals surface area contributed by atoms with Gasteiger partial charge in [0.05, 0.1) is 18.2 Å². The van der Waals surface area contributed by atoms with Gasteiger partial charge in [-0.3, -0.25) is 0 Å². The van der Waals surface area contributed by atoms with Crippen molar-refractivity contribution in [3.05, 3.63) is 12.4 Å². The molecule has 0 fully saturated rings. The Morgan fingerprint density at radius 1 is 1.47 bits per heavy atom. The van der Waals surface area contributed by atoms with Crippen LogP contribution in [0.3, 0.4) is 0 Å². The third-order valence-corrected chi connectivity index (χ3v) is 2.59. The van der Waals surface area contributed by atoms with Crippen LogP contribution < -0.4 is 10.1 Å². The van der Waals surface area contributed by atoms with Gasteiger partial charge in [0.15, 0.2) is 0 Å². The summed E-state index contributed by atoms with van der Waals surface area (Å²) in [5.74, 6) is 1.20. The second kappa shape index (κ2) is 5.82. The number of aliphatic hydroxyl groups excluding tert-OH is 1. The van der Waals surface area contributed by atoms with E-state index in [0.29, 0.717) is 18.3 Å². The van der Waals surface area contributed by atoms with Crippen LogP contribution in [0.1, 0.15) is 34.1 Å². The van der Waals surface area contributed by atoms with Crippen LogP contribution in [0.25, 0.3) is 0 Å². The molecule has 0 saturated heterocycles. The van der Waals surface area contributed by atoms with Gasteiger partial charge in [-0.2, -0.15) is 0 Å². The van der Waals surface area contributed by atoms with Crippen LogP contribution in [0, 0.1) is 0 Å². The fraction of sp³-hybridized carbons (Fsp3) is 0.667. The molecule has 0 aliphatic rings. The van der Waals surface area contributed by atoms with Crippen molar-refractivity contribution in [2.75, 3.05) is 11.9 Å². The number of hydrogen-bond acceptors (Lipinski definition) is 5. The first-order valence-corrected chi connectivity index (χ1v) is 5.87. The zero-order valence-electron chi connectivity index (χ0n) is 10.9. The Hall–Kier alpha value is -1.36. The molecule has 1 rings (SSSR count). The first-order chi connectivity index (χ1) is 7.95. The van der Waals surface area contributed by atoms with Gasteiger partial charge >= 0.3 is 0 Å². The molecule has 0 bridgehead atoms. The number of aromatic nitrogens is 2. The summed E-state index contributed by atoms with van der Waals surface area (Å²) >= 11 is 0. The van der Waals surface area contributed by atoms with E-state index < -0.39 is 11.6 Å². The number of hydrogen-bond donors (Lipinski definition) is 2. The van der Waals surface area contributed by atoms with E-state index in [2.05, 4.69) is 15.3 Å². The van der Waals surface area contributed by atoms with Gasteiger partial charge in [0.25, 0.3) is 0 Å². The Kier molecular flexibility index (Phi) is 4.69. The number of aliphatic hydroxyl groups is 1. The van der Waals surface area contributed by atoms with Crippen molar-refractivity contribution in [2.45, 2.75) is 45.8 Å². The molecule has 1 heterocycles. The normalized spacial score (nSPS) is 13.2. The highest BCUT2D eigenvalue weighted by Gasteiger charge is 2.24. The fourth-order valence-electron chi connectivity index (χ4n) is 1.13. The highest BCUT2D eigenvalue weighted by Crippen LogP contribution is 2.18. The van der Waals surface area contributed by atoms with Crippen LogP contribution >= 0.6 is 0 Å². The molecule has 0 aliphatic carbocycles. The van der Waals surface area contributed by atoms with Crippen molar-refractivity contribution in [2.24, 2.45) is 0 Å². The van der Waals surface area contributed by atoms with E-state index in [1.54, 1.807) is 13.0 Å². The lowest BCUT2D eigenvalue weighted by Crippen LogP contribution is -2.42. The van der Waals surface area contributed by atoms with Gasteiger partial charge in [-0.1, -0.05) is 6.92 Å². The van der Waals surface area contributed by atoms with E-state index in [4.69, 9.17) is 4.74 Å². The summed E-state index contributed by atoms with van der Waals surface area (Å²) < 4.78 is 5.42. The predicted molar refractivity (Wildman–Crippen MR) is 67.2 cm³/mol. The summed E-state index contributed by atoms with van der Waals surface area (Å²) in [6, 6.07) is 1.74. The van der Waals surface area contributed by atoms with Gasteiger partial charge in [0, 0.05) is 6.07 Å². The molecule has 0 saturated carbocycles. The molecular formula is C12H21N3O2. The maximum absolute atomic E-state index is 9.62. The van der Waals surface area contributed by atoms with Crippen LogP contribution in [0.2, 0.25) is 0 Å². The third-order valence-electron chi connectivity index (χ3n) is 2.59. The molecule has 1 unspecified atom stereocenters. The first-order valence-electron chi connectivity index (χ1n) is 5.87. The SMILES string of the molecule is CCCOc1cc(NC(C)(C)C(C)O)ncn1. The first kappa shape index (κ1) is 13.7. The molecule has 0 aliphatic heterocycles. The summed E-state index contributed by atoms with van der Waals surface area (Å²) in [5.41, 5.74) is -0.448. The molecule has 5 heteroatoms. The molecule has 0 aromatic carbocycles. The minimum atomic E-state index is -0.488. The smallest absolute Gasteiger partial charge is 0.218 e. The van der Waals surface area contributed by atoms with E-state index >= 15 is 0 Å². The van der Waals surface area contributed by atoms with Gasteiger partial charge in [0.1, 0.15) is 12.1 Å². The van der Waals surface area contributed by atoms with E-state index in [1.165, 1.54) is 6.33 Å². The lowest BCUT2D eigenvalue weighted by atomic mass is 9.99. The number of ether oxygens (including phenoxy) is 1. The van der Waals surface area contributed by atoms with Gasteiger partial charge in [-0.25, -0.2) is 9.97 Å². The summed E-state index contributed by atoms with van der Waals surface area (Å²) in [6.07, 6.45) is 1.90. The molecule has 2 N–H and O–H groups in total. The van der Waals surface area contributed by atoms with Crippen molar-refractivity contribution in [1.29, 1.82) is 0 Å². The van der Waals surface area contributed by atoms with E-state index in [9.17, 15) is 5.11 Å². The van der Waals surface area contributed by atoms with Crippen LogP contribution in [-0.2, 0) is 0 Å². The molecule has 0 spiro atoms. The Labute approximate surface area is 102 Å². The highest BCUT2D eigenvalue weighted by atomic mass is 16.5. The maximum Gasteiger partial charge on any atom is 0.218 e. The minimum absolute atomic E-state index is 0.448. The highest BCUT2D eigenvalue weighted by molar-refractivity contribution is 5.40. The molecule has 0 radical (unpaired) electrons. The van der Waals surface area contributed by atoms with Crippen LogP contribution in [-0.4, -0.2) is 33.3 Å². The second-order valence-corrected chi connectivity index (χ2v) is 4.61. The van der Waals surface area contributed by atoms with Crippen LogP contribution in [0.5, 0.6) is 5.88 Å². The van der Waals surface area contributed by atoms with Crippen molar-refractivity contribution in [1.82, 2.24) is 9.97 Å². The van der Waals surface area contributed by atoms with Crippen LogP contribution in [0.15, 0.2) is 12.4 Å². The van der Waals surface area contributed by atoms with Gasteiger partial charge < -0.3 is 15.2 Å². The van der Waals surface area contributed by atoms with Gasteiger partial charge in [0.2, 0.25) is 5.88 Å².